The Balaban J connectivity index is 1.60. The monoisotopic (exact) mass is 284 g/mol. The first-order valence-electron chi connectivity index (χ1n) is 7.71. The molecule has 2 aliphatic rings. The summed E-state index contributed by atoms with van der Waals surface area (Å²) < 4.78 is 0. The Labute approximate surface area is 121 Å². The van der Waals surface area contributed by atoms with Crippen LogP contribution in [0.5, 0.6) is 0 Å². The van der Waals surface area contributed by atoms with Crippen molar-refractivity contribution in [3.05, 3.63) is 0 Å². The van der Waals surface area contributed by atoms with Crippen LogP contribution in [0.15, 0.2) is 0 Å². The van der Waals surface area contributed by atoms with Gasteiger partial charge in [0.1, 0.15) is 0 Å². The average molecular weight is 284 g/mol. The first kappa shape index (κ1) is 15.2. The second kappa shape index (κ2) is 6.98. The second-order valence-corrected chi connectivity index (χ2v) is 7.73. The fourth-order valence-corrected chi connectivity index (χ4v) is 3.40. The molecular weight excluding hydrogens is 256 g/mol. The molecule has 1 atom stereocenters. The quantitative estimate of drug-likeness (QED) is 0.813. The maximum absolute atomic E-state index is 11.9. The van der Waals surface area contributed by atoms with Gasteiger partial charge in [-0.3, -0.25) is 4.79 Å². The van der Waals surface area contributed by atoms with Crippen LogP contribution in [0.3, 0.4) is 0 Å². The molecule has 19 heavy (non-hydrogen) atoms. The Bertz CT molecular complexity index is 297. The van der Waals surface area contributed by atoms with Gasteiger partial charge >= 0.3 is 0 Å². The molecule has 1 N–H and O–H groups in total. The Morgan fingerprint density at radius 1 is 1.21 bits per heavy atom. The normalized spacial score (nSPS) is 23.6. The van der Waals surface area contributed by atoms with Gasteiger partial charge in [0.15, 0.2) is 0 Å². The van der Waals surface area contributed by atoms with Crippen molar-refractivity contribution in [2.45, 2.75) is 63.8 Å². The van der Waals surface area contributed by atoms with Gasteiger partial charge in [0.05, 0.1) is 5.75 Å². The summed E-state index contributed by atoms with van der Waals surface area (Å²) in [6.45, 7) is 8.97. The number of rotatable bonds is 6. The van der Waals surface area contributed by atoms with Crippen molar-refractivity contribution in [1.82, 2.24) is 10.2 Å². The maximum Gasteiger partial charge on any atom is 0.230 e. The van der Waals surface area contributed by atoms with E-state index in [1.54, 1.807) is 11.8 Å². The van der Waals surface area contributed by atoms with Crippen LogP contribution in [0.1, 0.15) is 46.5 Å². The number of thioether (sulfide) groups is 1. The van der Waals surface area contributed by atoms with E-state index >= 15 is 0 Å². The molecule has 0 unspecified atom stereocenters. The van der Waals surface area contributed by atoms with Crippen LogP contribution in [-0.4, -0.2) is 47.0 Å². The molecule has 0 aromatic rings. The van der Waals surface area contributed by atoms with Gasteiger partial charge in [-0.2, -0.15) is 0 Å². The Morgan fingerprint density at radius 3 is 2.37 bits per heavy atom. The van der Waals surface area contributed by atoms with E-state index in [1.165, 1.54) is 25.9 Å². The summed E-state index contributed by atoms with van der Waals surface area (Å²) in [7, 11) is 0. The number of hydrogen-bond donors (Lipinski definition) is 1. The first-order valence-corrected chi connectivity index (χ1v) is 8.76. The van der Waals surface area contributed by atoms with Gasteiger partial charge in [-0.25, -0.2) is 0 Å². The summed E-state index contributed by atoms with van der Waals surface area (Å²) in [5, 5.41) is 3.76. The van der Waals surface area contributed by atoms with Crippen molar-refractivity contribution in [1.29, 1.82) is 0 Å². The van der Waals surface area contributed by atoms with Crippen LogP contribution < -0.4 is 5.32 Å². The molecule has 1 heterocycles. The topological polar surface area (TPSA) is 32.3 Å². The molecule has 1 aliphatic heterocycles. The van der Waals surface area contributed by atoms with E-state index in [1.807, 2.05) is 0 Å². The zero-order valence-corrected chi connectivity index (χ0v) is 13.3. The van der Waals surface area contributed by atoms with Crippen molar-refractivity contribution in [2.24, 2.45) is 5.92 Å². The fraction of sp³-hybridized carbons (Fsp3) is 0.933. The lowest BCUT2D eigenvalue weighted by molar-refractivity contribution is -0.119. The molecule has 2 fully saturated rings. The van der Waals surface area contributed by atoms with Crippen LogP contribution >= 0.6 is 11.8 Å². The Kier molecular flexibility index (Phi) is 5.58. The van der Waals surface area contributed by atoms with Gasteiger partial charge in [0, 0.05) is 30.4 Å². The highest BCUT2D eigenvalue weighted by Crippen LogP contribution is 2.29. The molecule has 3 nitrogen and oxygen atoms in total. The molecule has 0 aromatic carbocycles. The van der Waals surface area contributed by atoms with Gasteiger partial charge in [-0.05, 0) is 31.6 Å². The summed E-state index contributed by atoms with van der Waals surface area (Å²) in [6.07, 6.45) is 5.04. The summed E-state index contributed by atoms with van der Waals surface area (Å²) in [5.74, 6) is 1.48. The Morgan fingerprint density at radius 2 is 1.84 bits per heavy atom. The molecule has 0 radical (unpaired) electrons. The third-order valence-electron chi connectivity index (χ3n) is 4.37. The summed E-state index contributed by atoms with van der Waals surface area (Å²) in [4.78, 5) is 14.5. The number of likely N-dealkylation sites (tertiary alicyclic amines) is 1. The molecule has 1 aliphatic carbocycles. The van der Waals surface area contributed by atoms with Crippen LogP contribution in [0.25, 0.3) is 0 Å². The number of piperidine rings is 1. The standard InChI is InChI=1S/C15H28N2OS/c1-11(2)12(3)19-10-15(18)16-13-6-8-17(9-7-13)14-4-5-14/h11-14H,4-10H2,1-3H3,(H,16,18)/t12-/m0/s1. The number of carbonyl (C=O) groups excluding carboxylic acids is 1. The molecule has 4 heteroatoms. The molecule has 0 bridgehead atoms. The number of carbonyl (C=O) groups is 1. The molecule has 1 saturated carbocycles. The van der Waals surface area contributed by atoms with E-state index in [4.69, 9.17) is 0 Å². The van der Waals surface area contributed by atoms with Gasteiger partial charge in [-0.1, -0.05) is 20.8 Å². The summed E-state index contributed by atoms with van der Waals surface area (Å²) >= 11 is 1.77. The lowest BCUT2D eigenvalue weighted by Gasteiger charge is -2.32. The number of nitrogens with zero attached hydrogens (tertiary/aromatic N) is 1. The zero-order valence-electron chi connectivity index (χ0n) is 12.5. The SMILES string of the molecule is CC(C)[C@H](C)SCC(=O)NC1CCN(C2CC2)CC1. The van der Waals surface area contributed by atoms with Gasteiger partial charge in [0.25, 0.3) is 0 Å². The van der Waals surface area contributed by atoms with E-state index in [-0.39, 0.29) is 5.91 Å². The zero-order chi connectivity index (χ0) is 13.8. The third kappa shape index (κ3) is 4.99. The molecule has 2 rings (SSSR count). The molecule has 0 spiro atoms. The average Bonchev–Trinajstić information content (AvgIpc) is 3.21. The highest BCUT2D eigenvalue weighted by molar-refractivity contribution is 8.00. The molecule has 0 aromatic heterocycles. The van der Waals surface area contributed by atoms with E-state index in [2.05, 4.69) is 31.0 Å². The molecular formula is C15H28N2OS. The maximum atomic E-state index is 11.9. The number of amides is 1. The van der Waals surface area contributed by atoms with E-state index in [0.717, 1.165) is 18.9 Å². The van der Waals surface area contributed by atoms with Crippen molar-refractivity contribution >= 4 is 17.7 Å². The molecule has 1 saturated heterocycles. The van der Waals surface area contributed by atoms with Crippen LogP contribution in [0.4, 0.5) is 0 Å². The second-order valence-electron chi connectivity index (χ2n) is 6.37. The highest BCUT2D eigenvalue weighted by Gasteiger charge is 2.32. The van der Waals surface area contributed by atoms with Crippen LogP contribution in [0, 0.1) is 5.92 Å². The summed E-state index contributed by atoms with van der Waals surface area (Å²) in [6, 6.07) is 1.29. The Hall–Kier alpha value is -0.220. The van der Waals surface area contributed by atoms with Gasteiger partial charge < -0.3 is 10.2 Å². The summed E-state index contributed by atoms with van der Waals surface area (Å²) in [5.41, 5.74) is 0. The smallest absolute Gasteiger partial charge is 0.230 e. The minimum atomic E-state index is 0.224. The number of nitrogens with one attached hydrogen (secondary N) is 1. The number of hydrogen-bond acceptors (Lipinski definition) is 3. The predicted molar refractivity (Wildman–Crippen MR) is 82.5 cm³/mol. The van der Waals surface area contributed by atoms with E-state index < -0.39 is 0 Å². The molecule has 1 amide bonds. The van der Waals surface area contributed by atoms with Crippen molar-refractivity contribution in [2.75, 3.05) is 18.8 Å². The predicted octanol–water partition coefficient (Wildman–Crippen LogP) is 2.51. The van der Waals surface area contributed by atoms with Gasteiger partial charge in [0.2, 0.25) is 5.91 Å². The van der Waals surface area contributed by atoms with Crippen LogP contribution in [-0.2, 0) is 4.79 Å². The van der Waals surface area contributed by atoms with Crippen molar-refractivity contribution < 1.29 is 4.79 Å². The highest BCUT2D eigenvalue weighted by atomic mass is 32.2. The van der Waals surface area contributed by atoms with Gasteiger partial charge in [-0.15, -0.1) is 11.8 Å². The first-order chi connectivity index (χ1) is 9.06. The van der Waals surface area contributed by atoms with Crippen LogP contribution in [0.2, 0.25) is 0 Å². The molecule has 110 valence electrons. The fourth-order valence-electron chi connectivity index (χ4n) is 2.52. The lowest BCUT2D eigenvalue weighted by Crippen LogP contribution is -2.45. The lowest BCUT2D eigenvalue weighted by atomic mass is 10.1. The third-order valence-corrected chi connectivity index (χ3v) is 5.87. The van der Waals surface area contributed by atoms with Crippen molar-refractivity contribution in [3.8, 4) is 0 Å². The van der Waals surface area contributed by atoms with Crippen molar-refractivity contribution in [3.63, 3.8) is 0 Å². The minimum absolute atomic E-state index is 0.224. The minimum Gasteiger partial charge on any atom is -0.353 e. The van der Waals surface area contributed by atoms with E-state index in [0.29, 0.717) is 23.0 Å². The largest absolute Gasteiger partial charge is 0.353 e. The van der Waals surface area contributed by atoms with E-state index in [9.17, 15) is 4.79 Å².